The van der Waals surface area contributed by atoms with Crippen LogP contribution in [-0.2, 0) is 6.54 Å². The molecule has 1 fully saturated rings. The second-order valence-electron chi connectivity index (χ2n) is 5.90. The van der Waals surface area contributed by atoms with E-state index in [0.29, 0.717) is 13.1 Å². The van der Waals surface area contributed by atoms with Gasteiger partial charge in [-0.2, -0.15) is 0 Å². The Morgan fingerprint density at radius 3 is 2.33 bits per heavy atom. The average molecular weight is 344 g/mol. The molecule has 0 N–H and O–H groups in total. The Morgan fingerprint density at radius 2 is 1.71 bits per heavy atom. The van der Waals surface area contributed by atoms with E-state index in [1.807, 2.05) is 0 Å². The molecular formula is C19H21FN2OS. The molecule has 3 rings (SSSR count). The first-order chi connectivity index (χ1) is 11.7. The average Bonchev–Trinajstić information content (AvgIpc) is 2.63. The number of hydrogen-bond acceptors (Lipinski definition) is 3. The molecule has 126 valence electrons. The first-order valence-corrected chi connectivity index (χ1v) is 9.29. The number of rotatable bonds is 4. The first-order valence-electron chi connectivity index (χ1n) is 8.06. The zero-order valence-corrected chi connectivity index (χ0v) is 14.6. The summed E-state index contributed by atoms with van der Waals surface area (Å²) in [5, 5.41) is 0. The van der Waals surface area contributed by atoms with Crippen LogP contribution in [0.3, 0.4) is 0 Å². The smallest absolute Gasteiger partial charge is 0.256 e. The number of benzene rings is 2. The molecule has 1 amide bonds. The molecule has 1 heterocycles. The van der Waals surface area contributed by atoms with E-state index < -0.39 is 5.82 Å². The van der Waals surface area contributed by atoms with Crippen LogP contribution in [0.1, 0.15) is 15.9 Å². The SMILES string of the molecule is CSc1ccc(CN2CCN(C(=O)c3ccccc3F)CC2)cc1. The van der Waals surface area contributed by atoms with Crippen molar-refractivity contribution in [3.8, 4) is 0 Å². The number of amides is 1. The van der Waals surface area contributed by atoms with Crippen LogP contribution in [0, 0.1) is 5.82 Å². The van der Waals surface area contributed by atoms with Gasteiger partial charge in [0.15, 0.2) is 0 Å². The van der Waals surface area contributed by atoms with E-state index in [4.69, 9.17) is 0 Å². The van der Waals surface area contributed by atoms with E-state index in [9.17, 15) is 9.18 Å². The predicted molar refractivity (Wildman–Crippen MR) is 95.8 cm³/mol. The van der Waals surface area contributed by atoms with Gasteiger partial charge in [-0.25, -0.2) is 4.39 Å². The van der Waals surface area contributed by atoms with Crippen molar-refractivity contribution < 1.29 is 9.18 Å². The summed E-state index contributed by atoms with van der Waals surface area (Å²) < 4.78 is 13.8. The van der Waals surface area contributed by atoms with Gasteiger partial charge in [0.05, 0.1) is 5.56 Å². The molecule has 0 aliphatic carbocycles. The van der Waals surface area contributed by atoms with E-state index in [2.05, 4.69) is 35.4 Å². The van der Waals surface area contributed by atoms with Crippen LogP contribution in [0.25, 0.3) is 0 Å². The number of halogens is 1. The lowest BCUT2D eigenvalue weighted by Crippen LogP contribution is -2.48. The fourth-order valence-corrected chi connectivity index (χ4v) is 3.31. The molecule has 2 aromatic carbocycles. The standard InChI is InChI=1S/C19H21FN2OS/c1-24-16-8-6-15(7-9-16)14-21-10-12-22(13-11-21)19(23)17-4-2-3-5-18(17)20/h2-9H,10-14H2,1H3. The van der Waals surface area contributed by atoms with Crippen molar-refractivity contribution in [2.24, 2.45) is 0 Å². The maximum Gasteiger partial charge on any atom is 0.256 e. The van der Waals surface area contributed by atoms with Crippen molar-refractivity contribution in [1.82, 2.24) is 9.80 Å². The lowest BCUT2D eigenvalue weighted by Gasteiger charge is -2.34. The third kappa shape index (κ3) is 3.97. The third-order valence-electron chi connectivity index (χ3n) is 4.33. The molecule has 3 nitrogen and oxygen atoms in total. The van der Waals surface area contributed by atoms with E-state index in [0.717, 1.165) is 19.6 Å². The normalized spacial score (nSPS) is 15.5. The molecule has 5 heteroatoms. The van der Waals surface area contributed by atoms with Crippen LogP contribution < -0.4 is 0 Å². The first kappa shape index (κ1) is 17.0. The number of hydrogen-bond donors (Lipinski definition) is 0. The number of carbonyl (C=O) groups is 1. The van der Waals surface area contributed by atoms with Crippen molar-refractivity contribution >= 4 is 17.7 Å². The molecule has 0 unspecified atom stereocenters. The summed E-state index contributed by atoms with van der Waals surface area (Å²) in [7, 11) is 0. The Labute approximate surface area is 146 Å². The summed E-state index contributed by atoms with van der Waals surface area (Å²) in [5.74, 6) is -0.657. The molecular weight excluding hydrogens is 323 g/mol. The number of piperazine rings is 1. The molecule has 0 saturated carbocycles. The molecule has 0 spiro atoms. The maximum absolute atomic E-state index is 13.8. The van der Waals surface area contributed by atoms with E-state index in [1.54, 1.807) is 34.9 Å². The summed E-state index contributed by atoms with van der Waals surface area (Å²) in [6.45, 7) is 3.78. The van der Waals surface area contributed by atoms with Crippen LogP contribution in [0.4, 0.5) is 4.39 Å². The zero-order valence-electron chi connectivity index (χ0n) is 13.7. The second-order valence-corrected chi connectivity index (χ2v) is 6.78. The topological polar surface area (TPSA) is 23.6 Å². The highest BCUT2D eigenvalue weighted by Crippen LogP contribution is 2.17. The van der Waals surface area contributed by atoms with Gasteiger partial charge in [-0.05, 0) is 36.1 Å². The minimum atomic E-state index is -0.446. The van der Waals surface area contributed by atoms with Crippen molar-refractivity contribution in [2.75, 3.05) is 32.4 Å². The maximum atomic E-state index is 13.8. The summed E-state index contributed by atoms with van der Waals surface area (Å²) in [4.78, 5) is 17.8. The molecule has 0 bridgehead atoms. The van der Waals surface area contributed by atoms with Crippen LogP contribution in [-0.4, -0.2) is 48.1 Å². The van der Waals surface area contributed by atoms with Gasteiger partial charge in [0.2, 0.25) is 0 Å². The largest absolute Gasteiger partial charge is 0.336 e. The van der Waals surface area contributed by atoms with Crippen molar-refractivity contribution in [1.29, 1.82) is 0 Å². The fourth-order valence-electron chi connectivity index (χ4n) is 2.90. The molecule has 1 saturated heterocycles. The Bertz CT molecular complexity index is 697. The highest BCUT2D eigenvalue weighted by molar-refractivity contribution is 7.98. The Balaban J connectivity index is 1.55. The van der Waals surface area contributed by atoms with Gasteiger partial charge in [-0.3, -0.25) is 9.69 Å². The fraction of sp³-hybridized carbons (Fsp3) is 0.316. The van der Waals surface area contributed by atoms with Crippen molar-refractivity contribution in [3.63, 3.8) is 0 Å². The molecule has 1 aliphatic rings. The highest BCUT2D eigenvalue weighted by atomic mass is 32.2. The Morgan fingerprint density at radius 1 is 1.04 bits per heavy atom. The van der Waals surface area contributed by atoms with Gasteiger partial charge in [-0.15, -0.1) is 11.8 Å². The van der Waals surface area contributed by atoms with E-state index in [1.165, 1.54) is 16.5 Å². The van der Waals surface area contributed by atoms with Gasteiger partial charge in [-0.1, -0.05) is 24.3 Å². The molecule has 1 aliphatic heterocycles. The summed E-state index contributed by atoms with van der Waals surface area (Å²) in [6, 6.07) is 14.8. The van der Waals surface area contributed by atoms with Crippen LogP contribution in [0.5, 0.6) is 0 Å². The number of thioether (sulfide) groups is 1. The van der Waals surface area contributed by atoms with Crippen molar-refractivity contribution in [3.05, 3.63) is 65.5 Å². The third-order valence-corrected chi connectivity index (χ3v) is 5.07. The molecule has 0 aromatic heterocycles. The van der Waals surface area contributed by atoms with Gasteiger partial charge in [0, 0.05) is 37.6 Å². The Hall–Kier alpha value is -1.85. The number of carbonyl (C=O) groups excluding carboxylic acids is 1. The minimum Gasteiger partial charge on any atom is -0.336 e. The van der Waals surface area contributed by atoms with Crippen molar-refractivity contribution in [2.45, 2.75) is 11.4 Å². The van der Waals surface area contributed by atoms with Gasteiger partial charge >= 0.3 is 0 Å². The highest BCUT2D eigenvalue weighted by Gasteiger charge is 2.23. The monoisotopic (exact) mass is 344 g/mol. The predicted octanol–water partition coefficient (Wildman–Crippen LogP) is 3.51. The summed E-state index contributed by atoms with van der Waals surface area (Å²) in [6.07, 6.45) is 2.07. The molecule has 0 radical (unpaired) electrons. The van der Waals surface area contributed by atoms with Crippen LogP contribution in [0.15, 0.2) is 53.4 Å². The van der Waals surface area contributed by atoms with Crippen LogP contribution >= 0.6 is 11.8 Å². The lowest BCUT2D eigenvalue weighted by molar-refractivity contribution is 0.0624. The quantitative estimate of drug-likeness (QED) is 0.793. The molecule has 2 aromatic rings. The second kappa shape index (κ2) is 7.81. The number of nitrogens with zero attached hydrogens (tertiary/aromatic N) is 2. The zero-order chi connectivity index (χ0) is 16.9. The minimum absolute atomic E-state index is 0.165. The molecule has 24 heavy (non-hydrogen) atoms. The van der Waals surface area contributed by atoms with E-state index >= 15 is 0 Å². The van der Waals surface area contributed by atoms with E-state index in [-0.39, 0.29) is 11.5 Å². The van der Waals surface area contributed by atoms with Gasteiger partial charge in [0.1, 0.15) is 5.82 Å². The Kier molecular flexibility index (Phi) is 5.53. The van der Waals surface area contributed by atoms with Crippen LogP contribution in [0.2, 0.25) is 0 Å². The van der Waals surface area contributed by atoms with Gasteiger partial charge < -0.3 is 4.90 Å². The lowest BCUT2D eigenvalue weighted by atomic mass is 10.1. The summed E-state index contributed by atoms with van der Waals surface area (Å²) in [5.41, 5.74) is 1.44. The van der Waals surface area contributed by atoms with Gasteiger partial charge in [0.25, 0.3) is 5.91 Å². The summed E-state index contributed by atoms with van der Waals surface area (Å²) >= 11 is 1.74. The molecule has 0 atom stereocenters.